The average Bonchev–Trinajstić information content (AvgIpc) is 2.68. The molecule has 0 heterocycles. The first kappa shape index (κ1) is 8.98. The second-order valence-corrected chi connectivity index (χ2v) is 4.85. The van der Waals surface area contributed by atoms with Crippen molar-refractivity contribution in [3.05, 3.63) is 12.2 Å². The number of allylic oxidation sites excluding steroid dienone is 1. The maximum Gasteiger partial charge on any atom is 0.120 e. The minimum absolute atomic E-state index is 0.295. The summed E-state index contributed by atoms with van der Waals surface area (Å²) < 4.78 is 0. The van der Waals surface area contributed by atoms with Crippen LogP contribution >= 0.6 is 0 Å². The highest BCUT2D eigenvalue weighted by atomic mass is 16.1. The maximum absolute atomic E-state index is 10.4. The van der Waals surface area contributed by atoms with Crippen LogP contribution in [0.5, 0.6) is 0 Å². The van der Waals surface area contributed by atoms with Gasteiger partial charge in [-0.2, -0.15) is 0 Å². The van der Waals surface area contributed by atoms with Crippen LogP contribution in [0.2, 0.25) is 0 Å². The highest BCUT2D eigenvalue weighted by Gasteiger charge is 2.49. The van der Waals surface area contributed by atoms with Gasteiger partial charge in [-0.3, -0.25) is 0 Å². The summed E-state index contributed by atoms with van der Waals surface area (Å²) in [6, 6.07) is 0. The molecule has 72 valence electrons. The van der Waals surface area contributed by atoms with Crippen molar-refractivity contribution in [1.82, 2.24) is 0 Å². The van der Waals surface area contributed by atoms with E-state index in [1.165, 1.54) is 24.8 Å². The quantitative estimate of drug-likeness (QED) is 0.479. The Morgan fingerprint density at radius 1 is 1.62 bits per heavy atom. The first-order valence-corrected chi connectivity index (χ1v) is 5.31. The number of aldehydes is 1. The van der Waals surface area contributed by atoms with Gasteiger partial charge in [0.2, 0.25) is 0 Å². The monoisotopic (exact) mass is 178 g/mol. The minimum Gasteiger partial charge on any atom is -0.303 e. The smallest absolute Gasteiger partial charge is 0.120 e. The van der Waals surface area contributed by atoms with Gasteiger partial charge in [-0.15, -0.1) is 0 Å². The summed E-state index contributed by atoms with van der Waals surface area (Å²) in [6.07, 6.45) is 6.83. The van der Waals surface area contributed by atoms with E-state index < -0.39 is 0 Å². The summed E-state index contributed by atoms with van der Waals surface area (Å²) in [5, 5.41) is 0. The molecule has 1 nitrogen and oxygen atoms in total. The largest absolute Gasteiger partial charge is 0.303 e. The fourth-order valence-corrected chi connectivity index (χ4v) is 3.33. The van der Waals surface area contributed by atoms with Crippen molar-refractivity contribution in [2.75, 3.05) is 0 Å². The van der Waals surface area contributed by atoms with Crippen molar-refractivity contribution < 1.29 is 4.79 Å². The summed E-state index contributed by atoms with van der Waals surface area (Å²) >= 11 is 0. The van der Waals surface area contributed by atoms with Crippen molar-refractivity contribution in [2.45, 2.75) is 39.0 Å². The summed E-state index contributed by atoms with van der Waals surface area (Å²) in [4.78, 5) is 10.4. The van der Waals surface area contributed by atoms with Crippen LogP contribution in [-0.2, 0) is 4.79 Å². The van der Waals surface area contributed by atoms with Crippen LogP contribution in [0.4, 0.5) is 0 Å². The van der Waals surface area contributed by atoms with E-state index in [1.54, 1.807) is 0 Å². The Morgan fingerprint density at radius 2 is 2.38 bits per heavy atom. The second kappa shape index (κ2) is 2.97. The fourth-order valence-electron chi connectivity index (χ4n) is 3.33. The van der Waals surface area contributed by atoms with Gasteiger partial charge in [0.05, 0.1) is 0 Å². The predicted octanol–water partition coefficient (Wildman–Crippen LogP) is 2.96. The van der Waals surface area contributed by atoms with Crippen molar-refractivity contribution in [1.29, 1.82) is 0 Å². The molecule has 0 aliphatic heterocycles. The molecule has 13 heavy (non-hydrogen) atoms. The van der Waals surface area contributed by atoms with E-state index in [4.69, 9.17) is 0 Å². The first-order valence-electron chi connectivity index (χ1n) is 5.31. The predicted molar refractivity (Wildman–Crippen MR) is 53.4 cm³/mol. The van der Waals surface area contributed by atoms with Gasteiger partial charge >= 0.3 is 0 Å². The highest BCUT2D eigenvalue weighted by Crippen LogP contribution is 2.60. The van der Waals surface area contributed by atoms with Crippen LogP contribution < -0.4 is 0 Å². The van der Waals surface area contributed by atoms with E-state index >= 15 is 0 Å². The molecule has 0 N–H and O–H groups in total. The molecule has 0 aromatic rings. The Bertz CT molecular complexity index is 244. The van der Waals surface area contributed by atoms with E-state index in [0.717, 1.165) is 24.5 Å². The lowest BCUT2D eigenvalue weighted by molar-refractivity contribution is -0.108. The number of carbonyl (C=O) groups is 1. The van der Waals surface area contributed by atoms with Crippen molar-refractivity contribution in [3.63, 3.8) is 0 Å². The lowest BCUT2D eigenvalue weighted by Gasteiger charge is -2.35. The van der Waals surface area contributed by atoms with Gasteiger partial charge < -0.3 is 4.79 Å². The molecule has 0 aromatic heterocycles. The zero-order chi connectivity index (χ0) is 9.47. The molecule has 0 amide bonds. The Kier molecular flexibility index (Phi) is 2.05. The lowest BCUT2D eigenvalue weighted by Crippen LogP contribution is -2.26. The molecule has 1 heteroatoms. The van der Waals surface area contributed by atoms with Crippen LogP contribution in [0.1, 0.15) is 39.0 Å². The first-order chi connectivity index (χ1) is 6.18. The molecule has 0 radical (unpaired) electrons. The van der Waals surface area contributed by atoms with E-state index in [1.807, 2.05) is 0 Å². The normalized spacial score (nSPS) is 42.7. The van der Waals surface area contributed by atoms with E-state index in [9.17, 15) is 4.79 Å². The molecule has 2 aliphatic carbocycles. The topological polar surface area (TPSA) is 17.1 Å². The van der Waals surface area contributed by atoms with Crippen LogP contribution in [-0.4, -0.2) is 6.29 Å². The number of hydrogen-bond acceptors (Lipinski definition) is 1. The second-order valence-electron chi connectivity index (χ2n) is 4.85. The standard InChI is InChI=1S/C12H18O/c1-9-10-4-5-11(8-10)12(9,2)6-3-7-13/h7,10-11H,1,3-6,8H2,2H3/t10-,11+,12+/m0/s1. The number of fused-ring (bicyclic) bond motifs is 2. The summed E-state index contributed by atoms with van der Waals surface area (Å²) in [5.41, 5.74) is 1.73. The molecule has 0 saturated heterocycles. The van der Waals surface area contributed by atoms with Gasteiger partial charge in [0.1, 0.15) is 6.29 Å². The van der Waals surface area contributed by atoms with Gasteiger partial charge in [-0.05, 0) is 42.9 Å². The van der Waals surface area contributed by atoms with E-state index in [2.05, 4.69) is 13.5 Å². The van der Waals surface area contributed by atoms with E-state index in [-0.39, 0.29) is 0 Å². The molecule has 0 unspecified atom stereocenters. The van der Waals surface area contributed by atoms with Gasteiger partial charge in [0.25, 0.3) is 0 Å². The molecule has 0 spiro atoms. The summed E-state index contributed by atoms with van der Waals surface area (Å²) in [7, 11) is 0. The maximum atomic E-state index is 10.4. The van der Waals surface area contributed by atoms with Gasteiger partial charge in [-0.1, -0.05) is 19.1 Å². The Balaban J connectivity index is 2.13. The number of rotatable bonds is 3. The third-order valence-electron chi connectivity index (χ3n) is 4.34. The van der Waals surface area contributed by atoms with Crippen LogP contribution in [0.15, 0.2) is 12.2 Å². The van der Waals surface area contributed by atoms with Crippen molar-refractivity contribution in [3.8, 4) is 0 Å². The molecule has 2 aliphatic rings. The molecular weight excluding hydrogens is 160 g/mol. The van der Waals surface area contributed by atoms with Crippen LogP contribution in [0, 0.1) is 17.3 Å². The molecule has 3 atom stereocenters. The third kappa shape index (κ3) is 1.17. The molecule has 2 bridgehead atoms. The van der Waals surface area contributed by atoms with Gasteiger partial charge in [-0.25, -0.2) is 0 Å². The van der Waals surface area contributed by atoms with Gasteiger partial charge in [0.15, 0.2) is 0 Å². The minimum atomic E-state index is 0.295. The van der Waals surface area contributed by atoms with E-state index in [0.29, 0.717) is 11.8 Å². The average molecular weight is 178 g/mol. The Labute approximate surface area is 80.2 Å². The zero-order valence-electron chi connectivity index (χ0n) is 8.38. The summed E-state index contributed by atoms with van der Waals surface area (Å²) in [5.74, 6) is 1.60. The number of carbonyl (C=O) groups excluding carboxylic acids is 1. The molecule has 2 saturated carbocycles. The SMILES string of the molecule is C=C1[C@H]2CC[C@H](C2)[C@]1(C)CCC=O. The van der Waals surface area contributed by atoms with Crippen molar-refractivity contribution >= 4 is 6.29 Å². The lowest BCUT2D eigenvalue weighted by atomic mass is 9.69. The van der Waals surface area contributed by atoms with Crippen molar-refractivity contribution in [2.24, 2.45) is 17.3 Å². The summed E-state index contributed by atoms with van der Waals surface area (Å²) in [6.45, 7) is 6.54. The Morgan fingerprint density at radius 3 is 2.92 bits per heavy atom. The highest BCUT2D eigenvalue weighted by molar-refractivity contribution is 5.49. The van der Waals surface area contributed by atoms with Crippen LogP contribution in [0.3, 0.4) is 0 Å². The molecular formula is C12H18O. The van der Waals surface area contributed by atoms with Crippen LogP contribution in [0.25, 0.3) is 0 Å². The number of hydrogen-bond donors (Lipinski definition) is 0. The molecule has 2 rings (SSSR count). The molecule has 0 aromatic carbocycles. The van der Waals surface area contributed by atoms with Gasteiger partial charge in [0, 0.05) is 6.42 Å². The molecule has 2 fully saturated rings. The fraction of sp³-hybridized carbons (Fsp3) is 0.750. The Hall–Kier alpha value is -0.590. The zero-order valence-corrected chi connectivity index (χ0v) is 8.38. The third-order valence-corrected chi connectivity index (χ3v) is 4.34.